The third-order valence-corrected chi connectivity index (χ3v) is 5.24. The van der Waals surface area contributed by atoms with Gasteiger partial charge in [-0.15, -0.1) is 4.91 Å². The predicted molar refractivity (Wildman–Crippen MR) is 107 cm³/mol. The van der Waals surface area contributed by atoms with Gasteiger partial charge in [0.05, 0.1) is 11.6 Å². The van der Waals surface area contributed by atoms with Gasteiger partial charge in [-0.25, -0.2) is 4.39 Å². The average Bonchev–Trinajstić information content (AvgIpc) is 3.27. The summed E-state index contributed by atoms with van der Waals surface area (Å²) in [6.45, 7) is 1.68. The molecule has 156 valence electrons. The normalized spacial score (nSPS) is 20.7. The zero-order valence-electron chi connectivity index (χ0n) is 16.2. The van der Waals surface area contributed by atoms with E-state index in [4.69, 9.17) is 4.74 Å². The van der Waals surface area contributed by atoms with Gasteiger partial charge in [0, 0.05) is 23.3 Å². The van der Waals surface area contributed by atoms with E-state index in [0.29, 0.717) is 11.2 Å². The van der Waals surface area contributed by atoms with E-state index < -0.39 is 29.3 Å². The van der Waals surface area contributed by atoms with Crippen molar-refractivity contribution >= 4 is 22.3 Å². The molecule has 2 heterocycles. The summed E-state index contributed by atoms with van der Waals surface area (Å²) >= 11 is 0. The molecule has 0 spiro atoms. The summed E-state index contributed by atoms with van der Waals surface area (Å²) in [4.78, 5) is 15.4. The topological polar surface area (TPSA) is 78.9 Å². The molecule has 1 aliphatic heterocycles. The molecule has 1 fully saturated rings. The number of ether oxygens (including phenoxy) is 1. The Labute approximate surface area is 170 Å². The molecule has 0 saturated carbocycles. The highest BCUT2D eigenvalue weighted by Gasteiger charge is 2.77. The number of epoxide rings is 1. The SMILES string of the molecule is CNCC1(C(Nc2cccc3nc(C)ccc23)c2ccc(F)c(N=O)c2)OC1(F)F. The van der Waals surface area contributed by atoms with Crippen molar-refractivity contribution in [1.82, 2.24) is 10.3 Å². The van der Waals surface area contributed by atoms with Gasteiger partial charge < -0.3 is 10.6 Å². The van der Waals surface area contributed by atoms with E-state index in [-0.39, 0.29) is 12.1 Å². The number of alkyl halides is 2. The fraction of sp³-hybridized carbons (Fsp3) is 0.286. The van der Waals surface area contributed by atoms with Crippen LogP contribution in [0.4, 0.5) is 24.5 Å². The standard InChI is InChI=1S/C21H19F3N4O2/c1-12-6-8-14-16(26-12)4-3-5-17(14)27-19(20(11-25-2)21(23,24)30-20)13-7-9-15(22)18(10-13)28-29/h3-10,19,25,27H,11H2,1-2H3. The molecule has 1 saturated heterocycles. The molecule has 0 amide bonds. The molecule has 0 aliphatic carbocycles. The number of nitrogens with one attached hydrogen (secondary N) is 2. The molecule has 9 heteroatoms. The van der Waals surface area contributed by atoms with Crippen LogP contribution >= 0.6 is 0 Å². The lowest BCUT2D eigenvalue weighted by Crippen LogP contribution is -2.41. The van der Waals surface area contributed by atoms with Crippen LogP contribution in [0.5, 0.6) is 0 Å². The number of nitroso groups, excluding NO2 is 1. The maximum absolute atomic E-state index is 14.4. The molecule has 1 aromatic heterocycles. The van der Waals surface area contributed by atoms with Gasteiger partial charge in [-0.2, -0.15) is 8.78 Å². The Kier molecular flexibility index (Phi) is 4.95. The summed E-state index contributed by atoms with van der Waals surface area (Å²) < 4.78 is 47.5. The number of hydrogen-bond acceptors (Lipinski definition) is 6. The monoisotopic (exact) mass is 416 g/mol. The summed E-state index contributed by atoms with van der Waals surface area (Å²) in [7, 11) is 1.53. The van der Waals surface area contributed by atoms with E-state index >= 15 is 0 Å². The summed E-state index contributed by atoms with van der Waals surface area (Å²) in [5.41, 5.74) is -0.0790. The molecule has 0 radical (unpaired) electrons. The maximum atomic E-state index is 14.4. The summed E-state index contributed by atoms with van der Waals surface area (Å²) in [5, 5.41) is 9.24. The van der Waals surface area contributed by atoms with Gasteiger partial charge in [0.15, 0.2) is 5.82 Å². The Morgan fingerprint density at radius 2 is 1.97 bits per heavy atom. The second kappa shape index (κ2) is 7.33. The zero-order valence-corrected chi connectivity index (χ0v) is 16.2. The largest absolute Gasteiger partial charge is 0.389 e. The maximum Gasteiger partial charge on any atom is 0.389 e. The fourth-order valence-corrected chi connectivity index (χ4v) is 3.72. The van der Waals surface area contributed by atoms with Crippen LogP contribution < -0.4 is 10.6 Å². The Bertz CT molecular complexity index is 1120. The number of pyridine rings is 1. The van der Waals surface area contributed by atoms with Crippen molar-refractivity contribution < 1.29 is 17.9 Å². The van der Waals surface area contributed by atoms with Crippen molar-refractivity contribution in [3.63, 3.8) is 0 Å². The number of anilines is 1. The summed E-state index contributed by atoms with van der Waals surface area (Å²) in [6.07, 6.45) is -3.42. The van der Waals surface area contributed by atoms with E-state index in [1.807, 2.05) is 25.1 Å². The van der Waals surface area contributed by atoms with Crippen molar-refractivity contribution in [2.75, 3.05) is 18.9 Å². The highest BCUT2D eigenvalue weighted by Crippen LogP contribution is 2.58. The first-order valence-electron chi connectivity index (χ1n) is 9.29. The number of aryl methyl sites for hydroxylation is 1. The average molecular weight is 416 g/mol. The number of fused-ring (bicyclic) bond motifs is 1. The molecule has 6 nitrogen and oxygen atoms in total. The lowest BCUT2D eigenvalue weighted by molar-refractivity contribution is 0.000496. The van der Waals surface area contributed by atoms with Crippen LogP contribution in [0.3, 0.4) is 0 Å². The van der Waals surface area contributed by atoms with Gasteiger partial charge in [-0.05, 0) is 61.1 Å². The lowest BCUT2D eigenvalue weighted by Gasteiger charge is -2.27. The van der Waals surface area contributed by atoms with Crippen LogP contribution in [0, 0.1) is 17.6 Å². The van der Waals surface area contributed by atoms with E-state index in [2.05, 4.69) is 20.8 Å². The van der Waals surface area contributed by atoms with Crippen LogP contribution in [-0.2, 0) is 4.74 Å². The van der Waals surface area contributed by atoms with Crippen LogP contribution in [0.15, 0.2) is 53.7 Å². The van der Waals surface area contributed by atoms with Gasteiger partial charge in [0.2, 0.25) is 5.60 Å². The molecule has 2 N–H and O–H groups in total. The van der Waals surface area contributed by atoms with Gasteiger partial charge in [0.25, 0.3) is 0 Å². The molecule has 2 unspecified atom stereocenters. The number of benzene rings is 2. The predicted octanol–water partition coefficient (Wildman–Crippen LogP) is 4.81. The molecule has 2 atom stereocenters. The van der Waals surface area contributed by atoms with E-state index in [0.717, 1.165) is 23.2 Å². The quantitative estimate of drug-likeness (QED) is 0.427. The number of likely N-dealkylation sites (N-methyl/N-ethyl adjacent to an activating group) is 1. The van der Waals surface area contributed by atoms with Crippen molar-refractivity contribution in [2.24, 2.45) is 5.18 Å². The number of rotatable bonds is 7. The molecular weight excluding hydrogens is 397 g/mol. The van der Waals surface area contributed by atoms with Crippen LogP contribution in [0.2, 0.25) is 0 Å². The van der Waals surface area contributed by atoms with Gasteiger partial charge in [-0.3, -0.25) is 9.72 Å². The highest BCUT2D eigenvalue weighted by molar-refractivity contribution is 5.91. The summed E-state index contributed by atoms with van der Waals surface area (Å²) in [6, 6.07) is 11.4. The Hall–Kier alpha value is -3.04. The first kappa shape index (κ1) is 20.2. The third-order valence-electron chi connectivity index (χ3n) is 5.24. The molecule has 3 aromatic rings. The number of hydrogen-bond donors (Lipinski definition) is 2. The van der Waals surface area contributed by atoms with Crippen molar-refractivity contribution in [1.29, 1.82) is 0 Å². The molecule has 30 heavy (non-hydrogen) atoms. The van der Waals surface area contributed by atoms with Crippen molar-refractivity contribution in [3.8, 4) is 0 Å². The molecule has 4 rings (SSSR count). The van der Waals surface area contributed by atoms with Gasteiger partial charge in [0.1, 0.15) is 5.69 Å². The third kappa shape index (κ3) is 3.29. The number of halogens is 3. The molecule has 0 bridgehead atoms. The van der Waals surface area contributed by atoms with Crippen molar-refractivity contribution in [2.45, 2.75) is 24.7 Å². The van der Waals surface area contributed by atoms with E-state index in [9.17, 15) is 18.1 Å². The minimum atomic E-state index is -3.42. The second-order valence-corrected chi connectivity index (χ2v) is 7.24. The van der Waals surface area contributed by atoms with Gasteiger partial charge >= 0.3 is 6.11 Å². The summed E-state index contributed by atoms with van der Waals surface area (Å²) in [5.74, 6) is -0.830. The van der Waals surface area contributed by atoms with Crippen LogP contribution in [-0.4, -0.2) is 30.3 Å². The molecular formula is C21H19F3N4O2. The first-order valence-corrected chi connectivity index (χ1v) is 9.29. The van der Waals surface area contributed by atoms with Crippen LogP contribution in [0.1, 0.15) is 17.3 Å². The minimum absolute atomic E-state index is 0.180. The Balaban J connectivity index is 1.84. The number of nitrogens with zero attached hydrogens (tertiary/aromatic N) is 2. The highest BCUT2D eigenvalue weighted by atomic mass is 19.3. The second-order valence-electron chi connectivity index (χ2n) is 7.24. The first-order chi connectivity index (χ1) is 14.3. The fourth-order valence-electron chi connectivity index (χ4n) is 3.72. The zero-order chi connectivity index (χ0) is 21.5. The lowest BCUT2D eigenvalue weighted by atomic mass is 9.91. The smallest absolute Gasteiger partial charge is 0.374 e. The van der Waals surface area contributed by atoms with Crippen LogP contribution in [0.25, 0.3) is 10.9 Å². The van der Waals surface area contributed by atoms with E-state index in [1.54, 1.807) is 12.1 Å². The van der Waals surface area contributed by atoms with Gasteiger partial charge in [-0.1, -0.05) is 12.1 Å². The van der Waals surface area contributed by atoms with Crippen molar-refractivity contribution in [3.05, 3.63) is 70.5 Å². The molecule has 2 aromatic carbocycles. The van der Waals surface area contributed by atoms with E-state index in [1.165, 1.54) is 13.1 Å². The molecule has 1 aliphatic rings. The Morgan fingerprint density at radius 1 is 1.20 bits per heavy atom. The minimum Gasteiger partial charge on any atom is -0.374 e. The number of aromatic nitrogens is 1. The Morgan fingerprint density at radius 3 is 2.63 bits per heavy atom.